The summed E-state index contributed by atoms with van der Waals surface area (Å²) in [5, 5.41) is 22.3. The number of fused-ring (bicyclic) bond motifs is 19. The molecule has 0 spiro atoms. The van der Waals surface area contributed by atoms with Crippen LogP contribution in [0.5, 0.6) is 0 Å². The summed E-state index contributed by atoms with van der Waals surface area (Å²) < 4.78 is 4.81. The number of nitrogens with zero attached hydrogens (tertiary/aromatic N) is 6. The lowest BCUT2D eigenvalue weighted by atomic mass is 9.88. The smallest absolute Gasteiger partial charge is 0.160 e. The molecule has 0 saturated carbocycles. The minimum atomic E-state index is 0.708. The zero-order chi connectivity index (χ0) is 87.1. The van der Waals surface area contributed by atoms with Gasteiger partial charge in [0.1, 0.15) is 0 Å². The molecule has 0 fully saturated rings. The Morgan fingerprint density at radius 1 is 0.136 bits per heavy atom. The molecular weight excluding hydrogens is 1600 g/mol. The molecule has 0 N–H and O–H groups in total. The lowest BCUT2D eigenvalue weighted by Crippen LogP contribution is -1.96. The molecule has 614 valence electrons. The van der Waals surface area contributed by atoms with Crippen molar-refractivity contribution in [1.29, 1.82) is 0 Å². The molecule has 26 rings (SSSR count). The van der Waals surface area contributed by atoms with Crippen LogP contribution in [0.1, 0.15) is 0 Å². The molecule has 22 aromatic carbocycles. The molecular formula is C126H80N6. The summed E-state index contributed by atoms with van der Waals surface area (Å²) in [6.07, 6.45) is 0. The summed E-state index contributed by atoms with van der Waals surface area (Å²) in [7, 11) is 0. The molecule has 0 radical (unpaired) electrons. The van der Waals surface area contributed by atoms with Gasteiger partial charge in [-0.2, -0.15) is 0 Å². The van der Waals surface area contributed by atoms with Gasteiger partial charge in [0.15, 0.2) is 11.6 Å². The second-order valence-electron chi connectivity index (χ2n) is 34.2. The zero-order valence-electron chi connectivity index (χ0n) is 71.9. The predicted molar refractivity (Wildman–Crippen MR) is 555 cm³/mol. The first-order valence-corrected chi connectivity index (χ1v) is 45.1. The van der Waals surface area contributed by atoms with Gasteiger partial charge < -0.3 is 9.13 Å². The Morgan fingerprint density at radius 2 is 0.432 bits per heavy atom. The number of para-hydroxylation sites is 2. The van der Waals surface area contributed by atoms with Crippen molar-refractivity contribution in [3.8, 4) is 135 Å². The molecule has 0 atom stereocenters. The van der Waals surface area contributed by atoms with Gasteiger partial charge in [0.25, 0.3) is 0 Å². The van der Waals surface area contributed by atoms with E-state index in [0.717, 1.165) is 73.0 Å². The van der Waals surface area contributed by atoms with E-state index in [4.69, 9.17) is 19.9 Å². The lowest BCUT2D eigenvalue weighted by Gasteiger charge is -2.16. The number of hydrogen-bond acceptors (Lipinski definition) is 4. The quantitative estimate of drug-likeness (QED) is 0.108. The highest BCUT2D eigenvalue weighted by Crippen LogP contribution is 2.48. The van der Waals surface area contributed by atoms with Crippen LogP contribution in [0, 0.1) is 0 Å². The average molecular weight is 1680 g/mol. The van der Waals surface area contributed by atoms with E-state index < -0.39 is 0 Å². The maximum atomic E-state index is 5.18. The summed E-state index contributed by atoms with van der Waals surface area (Å²) in [5.41, 5.74) is 28.7. The predicted octanol–water partition coefficient (Wildman–Crippen LogP) is 33.6. The van der Waals surface area contributed by atoms with Crippen LogP contribution >= 0.6 is 0 Å². The summed E-state index contributed by atoms with van der Waals surface area (Å²) in [5.74, 6) is 1.42. The van der Waals surface area contributed by atoms with Crippen molar-refractivity contribution >= 4 is 119 Å². The van der Waals surface area contributed by atoms with Gasteiger partial charge in [-0.1, -0.05) is 388 Å². The van der Waals surface area contributed by atoms with Crippen molar-refractivity contribution in [2.75, 3.05) is 0 Å². The molecule has 0 saturated heterocycles. The van der Waals surface area contributed by atoms with Crippen molar-refractivity contribution in [1.82, 2.24) is 29.1 Å². The standard InChI is InChI=1S/C64H41N3.C62H39N3/c1-4-16-42(17-5-1)43-30-34-50(35-31-43)67-61-29-13-12-26-54(61)58-40-47(33-37-62(58)67)46-32-36-56-57(39-46)53-25-11-10-24-52(53)55-28-15-27-51(63(55)56)48-22-14-23-49(38-48)60-41-59(44-18-6-2-7-19-44)65-64(66-60)45-20-8-3-9-21-45;1-3-16-41(17-4-1)57-39-58(64-62(63-57)42-18-5-2-6-19-42)47-22-13-21-46(35-47)49-26-14-27-53-50-23-9-10-24-51(50)55-37-44(30-33-54(55)61(49)53)45-31-34-60-56(38-45)52-25-11-12-28-59(52)65(60)48-32-29-40-15-7-8-20-43(40)36-48/h1-41H;1-39H. The third kappa shape index (κ3) is 13.6. The van der Waals surface area contributed by atoms with Crippen LogP contribution in [-0.2, 0) is 0 Å². The van der Waals surface area contributed by atoms with E-state index >= 15 is 0 Å². The topological polar surface area (TPSA) is 61.4 Å². The molecule has 0 aliphatic heterocycles. The second-order valence-corrected chi connectivity index (χ2v) is 34.2. The van der Waals surface area contributed by atoms with Crippen molar-refractivity contribution in [2.45, 2.75) is 0 Å². The summed E-state index contributed by atoms with van der Waals surface area (Å²) in [6.45, 7) is 0. The average Bonchev–Trinajstić information content (AvgIpc) is 0.819. The Balaban J connectivity index is 0.000000142. The minimum absolute atomic E-state index is 0.708. The fourth-order valence-corrected chi connectivity index (χ4v) is 20.3. The van der Waals surface area contributed by atoms with Gasteiger partial charge in [-0.3, -0.25) is 0 Å². The maximum absolute atomic E-state index is 5.18. The van der Waals surface area contributed by atoms with Crippen LogP contribution < -0.4 is 0 Å². The summed E-state index contributed by atoms with van der Waals surface area (Å²) >= 11 is 0. The molecule has 4 heterocycles. The molecule has 132 heavy (non-hydrogen) atoms. The van der Waals surface area contributed by atoms with Crippen LogP contribution in [0.15, 0.2) is 485 Å². The van der Waals surface area contributed by atoms with Crippen LogP contribution in [0.2, 0.25) is 0 Å². The van der Waals surface area contributed by atoms with Crippen LogP contribution in [0.4, 0.5) is 0 Å². The Morgan fingerprint density at radius 3 is 0.886 bits per heavy atom. The summed E-state index contributed by atoms with van der Waals surface area (Å²) in [4.78, 5) is 20.5. The third-order valence-corrected chi connectivity index (χ3v) is 26.6. The Kier molecular flexibility index (Phi) is 18.8. The van der Waals surface area contributed by atoms with E-state index in [2.05, 4.69) is 446 Å². The number of rotatable bonds is 13. The van der Waals surface area contributed by atoms with Gasteiger partial charge in [-0.25, -0.2) is 19.9 Å². The van der Waals surface area contributed by atoms with Crippen molar-refractivity contribution in [3.63, 3.8) is 0 Å². The number of hydrogen-bond donors (Lipinski definition) is 0. The number of benzene rings is 22. The normalized spacial score (nSPS) is 11.6. The van der Waals surface area contributed by atoms with E-state index in [1.807, 2.05) is 48.5 Å². The molecule has 0 unspecified atom stereocenters. The zero-order valence-corrected chi connectivity index (χ0v) is 71.9. The van der Waals surface area contributed by atoms with Gasteiger partial charge in [-0.15, -0.1) is 0 Å². The molecule has 26 aromatic rings. The first-order valence-electron chi connectivity index (χ1n) is 45.1. The van der Waals surface area contributed by atoms with Crippen LogP contribution in [0.25, 0.3) is 254 Å². The van der Waals surface area contributed by atoms with Crippen molar-refractivity contribution < 1.29 is 0 Å². The highest BCUT2D eigenvalue weighted by Gasteiger charge is 2.23. The van der Waals surface area contributed by atoms with Crippen LogP contribution in [0.3, 0.4) is 0 Å². The maximum Gasteiger partial charge on any atom is 0.160 e. The highest BCUT2D eigenvalue weighted by molar-refractivity contribution is 6.31. The Labute approximate surface area is 762 Å². The fourth-order valence-electron chi connectivity index (χ4n) is 20.3. The summed E-state index contributed by atoms with van der Waals surface area (Å²) in [6, 6.07) is 175. The van der Waals surface area contributed by atoms with Gasteiger partial charge >= 0.3 is 0 Å². The first-order chi connectivity index (χ1) is 65.4. The van der Waals surface area contributed by atoms with Crippen molar-refractivity contribution in [3.05, 3.63) is 485 Å². The van der Waals surface area contributed by atoms with E-state index in [1.54, 1.807) is 0 Å². The molecule has 0 amide bonds. The molecule has 0 aliphatic carbocycles. The van der Waals surface area contributed by atoms with Gasteiger partial charge in [0.05, 0.1) is 44.8 Å². The number of aromatic nitrogens is 6. The molecule has 0 aliphatic rings. The molecule has 6 nitrogen and oxygen atoms in total. The molecule has 6 heteroatoms. The third-order valence-electron chi connectivity index (χ3n) is 26.6. The molecule has 0 bridgehead atoms. The molecule has 4 aromatic heterocycles. The van der Waals surface area contributed by atoms with E-state index in [0.29, 0.717) is 11.6 Å². The Bertz CT molecular complexity index is 8940. The minimum Gasteiger partial charge on any atom is -0.309 e. The van der Waals surface area contributed by atoms with Crippen molar-refractivity contribution in [2.24, 2.45) is 0 Å². The van der Waals surface area contributed by atoms with Gasteiger partial charge in [0.2, 0.25) is 0 Å². The van der Waals surface area contributed by atoms with Crippen LogP contribution in [-0.4, -0.2) is 29.1 Å². The van der Waals surface area contributed by atoms with E-state index in [-0.39, 0.29) is 0 Å². The first kappa shape index (κ1) is 76.8. The monoisotopic (exact) mass is 1680 g/mol. The van der Waals surface area contributed by atoms with E-state index in [9.17, 15) is 0 Å². The van der Waals surface area contributed by atoms with E-state index in [1.165, 1.54) is 169 Å². The van der Waals surface area contributed by atoms with Gasteiger partial charge in [0, 0.05) is 66.3 Å². The highest BCUT2D eigenvalue weighted by atomic mass is 15.0. The van der Waals surface area contributed by atoms with Gasteiger partial charge in [-0.05, 0) is 228 Å². The largest absolute Gasteiger partial charge is 0.309 e. The SMILES string of the molecule is c1ccc(-c2cc(-c3cccc(-c4cccc5c6ccccc6c6cc(-c7ccc8c(c7)c7ccccc7n8-c7ccc8ccccc8c7)ccc6c45)c3)nc(-c3ccccc3)n2)cc1.c1ccc(-c2ccc(-n3c4ccccc4c4cc(-c5ccc6c(c5)c5ccccc5c5cccc(-c7cccc(-c8cc(-c9ccccc9)nc(-c9ccccc9)n8)c7)c56)ccc43)cc2)cc1. The lowest BCUT2D eigenvalue weighted by molar-refractivity contribution is 1.18. The second kappa shape index (κ2) is 32.4. The Hall–Kier alpha value is -17.6. The fraction of sp³-hybridized carbons (Fsp3) is 0.